The number of benzene rings is 2. The van der Waals surface area contributed by atoms with Crippen molar-refractivity contribution in [3.63, 3.8) is 0 Å². The van der Waals surface area contributed by atoms with Gasteiger partial charge in [0.25, 0.3) is 0 Å². The molecule has 0 aliphatic carbocycles. The van der Waals surface area contributed by atoms with Gasteiger partial charge in [0.1, 0.15) is 17.8 Å². The van der Waals surface area contributed by atoms with E-state index in [0.717, 1.165) is 44.6 Å². The number of rotatable bonds is 3. The number of halogens is 3. The second-order valence-electron chi connectivity index (χ2n) is 6.72. The molecule has 2 aromatic carbocycles. The Morgan fingerprint density at radius 1 is 1.03 bits per heavy atom. The zero-order valence-electron chi connectivity index (χ0n) is 15.9. The van der Waals surface area contributed by atoms with Gasteiger partial charge in [-0.2, -0.15) is 10.2 Å². The normalized spacial score (nSPS) is 11.1. The van der Waals surface area contributed by atoms with E-state index in [4.69, 9.17) is 23.2 Å². The highest BCUT2D eigenvalue weighted by atomic mass is 35.5. The molecule has 0 atom stereocenters. The molecule has 5 rings (SSSR count). The topological polar surface area (TPSA) is 84.3 Å². The number of aromatic nitrogens is 6. The van der Waals surface area contributed by atoms with Gasteiger partial charge in [-0.25, -0.2) is 9.97 Å². The van der Waals surface area contributed by atoms with Crippen LogP contribution in [0, 0.1) is 6.92 Å². The third-order valence-electron chi connectivity index (χ3n) is 4.81. The van der Waals surface area contributed by atoms with Crippen LogP contribution in [0.5, 0.6) is 0 Å². The minimum absolute atomic E-state index is 0. The zero-order valence-corrected chi connectivity index (χ0v) is 18.3. The van der Waals surface area contributed by atoms with Gasteiger partial charge in [0.15, 0.2) is 5.65 Å². The smallest absolute Gasteiger partial charge is 0.163 e. The van der Waals surface area contributed by atoms with Crippen molar-refractivity contribution in [2.24, 2.45) is 7.05 Å². The monoisotopic (exact) mass is 459 g/mol. The van der Waals surface area contributed by atoms with Crippen molar-refractivity contribution in [3.8, 4) is 11.3 Å². The summed E-state index contributed by atoms with van der Waals surface area (Å²) >= 11 is 12.2. The van der Waals surface area contributed by atoms with Crippen molar-refractivity contribution in [2.75, 3.05) is 5.32 Å². The molecule has 0 aliphatic heterocycles. The lowest BCUT2D eigenvalue weighted by molar-refractivity contribution is 0.773. The second-order valence-corrected chi connectivity index (χ2v) is 7.53. The van der Waals surface area contributed by atoms with E-state index in [1.54, 1.807) is 10.7 Å². The number of aromatic amines is 1. The Morgan fingerprint density at radius 2 is 1.87 bits per heavy atom. The summed E-state index contributed by atoms with van der Waals surface area (Å²) in [7, 11) is 1.87. The predicted molar refractivity (Wildman–Crippen MR) is 123 cm³/mol. The number of H-pyrrole nitrogens is 1. The number of fused-ring (bicyclic) bond motifs is 2. The Bertz CT molecular complexity index is 1390. The minimum Gasteiger partial charge on any atom is -0.339 e. The Kier molecular flexibility index (Phi) is 5.27. The highest BCUT2D eigenvalue weighted by Gasteiger charge is 2.14. The van der Waals surface area contributed by atoms with Crippen LogP contribution in [0.25, 0.3) is 33.2 Å². The van der Waals surface area contributed by atoms with Crippen molar-refractivity contribution >= 4 is 69.1 Å². The number of hydrogen-bond acceptors (Lipinski definition) is 5. The van der Waals surface area contributed by atoms with Gasteiger partial charge in [-0.3, -0.25) is 9.78 Å². The van der Waals surface area contributed by atoms with Gasteiger partial charge in [0.2, 0.25) is 0 Å². The second kappa shape index (κ2) is 7.75. The van der Waals surface area contributed by atoms with E-state index in [2.05, 4.69) is 30.6 Å². The summed E-state index contributed by atoms with van der Waals surface area (Å²) in [5, 5.41) is 18.2. The number of aryl methyl sites for hydroxylation is 2. The molecule has 0 bridgehead atoms. The molecule has 0 aliphatic rings. The molecular weight excluding hydrogens is 445 g/mol. The SMILES string of the molecule is Cc1nn(C)c2ncnc(Nc3ccc4[nH]nc(-c5ccc(Cl)c(Cl)c5)c4c3)c12.Cl. The zero-order chi connectivity index (χ0) is 20.1. The van der Waals surface area contributed by atoms with E-state index in [-0.39, 0.29) is 12.4 Å². The van der Waals surface area contributed by atoms with Gasteiger partial charge >= 0.3 is 0 Å². The average molecular weight is 461 g/mol. The predicted octanol–water partition coefficient (Wildman–Crippen LogP) is 5.69. The lowest BCUT2D eigenvalue weighted by atomic mass is 10.1. The highest BCUT2D eigenvalue weighted by molar-refractivity contribution is 6.42. The van der Waals surface area contributed by atoms with Crippen LogP contribution in [0.15, 0.2) is 42.7 Å². The summed E-state index contributed by atoms with van der Waals surface area (Å²) in [4.78, 5) is 8.74. The molecule has 0 spiro atoms. The summed E-state index contributed by atoms with van der Waals surface area (Å²) in [6, 6.07) is 11.4. The molecule has 0 radical (unpaired) electrons. The van der Waals surface area contributed by atoms with Gasteiger partial charge in [0.05, 0.1) is 26.6 Å². The molecule has 0 fully saturated rings. The fourth-order valence-electron chi connectivity index (χ4n) is 3.46. The third-order valence-corrected chi connectivity index (χ3v) is 5.55. The van der Waals surface area contributed by atoms with E-state index < -0.39 is 0 Å². The molecular formula is C20H16Cl3N7. The maximum atomic E-state index is 6.19. The van der Waals surface area contributed by atoms with Gasteiger partial charge in [-0.05, 0) is 37.3 Å². The minimum atomic E-state index is 0. The number of nitrogens with one attached hydrogen (secondary N) is 2. The van der Waals surface area contributed by atoms with E-state index in [0.29, 0.717) is 15.9 Å². The summed E-state index contributed by atoms with van der Waals surface area (Å²) in [6.45, 7) is 1.94. The molecule has 0 amide bonds. The molecule has 7 nitrogen and oxygen atoms in total. The van der Waals surface area contributed by atoms with E-state index >= 15 is 0 Å². The average Bonchev–Trinajstić information content (AvgIpc) is 3.25. The maximum absolute atomic E-state index is 6.19. The van der Waals surface area contributed by atoms with E-state index in [9.17, 15) is 0 Å². The van der Waals surface area contributed by atoms with Gasteiger partial charge in [0, 0.05) is 23.7 Å². The van der Waals surface area contributed by atoms with E-state index in [1.807, 2.05) is 44.3 Å². The van der Waals surface area contributed by atoms with Crippen LogP contribution in [-0.2, 0) is 7.05 Å². The Morgan fingerprint density at radius 3 is 2.67 bits per heavy atom. The standard InChI is InChI=1S/C20H15Cl2N7.ClH/c1-10-17-19(23-9-24-20(17)29(2)28-10)25-12-4-6-16-13(8-12)18(27-26-16)11-3-5-14(21)15(22)7-11;/h3-9H,1-2H3,(H,26,27)(H,23,24,25);1H. The fraction of sp³-hybridized carbons (Fsp3) is 0.100. The Hall–Kier alpha value is -2.87. The summed E-state index contributed by atoms with van der Waals surface area (Å²) in [5.74, 6) is 0.708. The molecule has 0 saturated carbocycles. The molecule has 0 saturated heterocycles. The molecule has 3 aromatic heterocycles. The summed E-state index contributed by atoms with van der Waals surface area (Å²) < 4.78 is 1.75. The Labute approximate surface area is 187 Å². The first kappa shape index (κ1) is 20.4. The first-order valence-electron chi connectivity index (χ1n) is 8.86. The van der Waals surface area contributed by atoms with Crippen LogP contribution in [0.4, 0.5) is 11.5 Å². The van der Waals surface area contributed by atoms with Gasteiger partial charge < -0.3 is 5.32 Å². The molecule has 2 N–H and O–H groups in total. The molecule has 3 heterocycles. The number of nitrogens with zero attached hydrogens (tertiary/aromatic N) is 5. The van der Waals surface area contributed by atoms with Crippen molar-refractivity contribution in [3.05, 3.63) is 58.5 Å². The Balaban J connectivity index is 0.00000218. The molecule has 10 heteroatoms. The van der Waals surface area contributed by atoms with Gasteiger partial charge in [-0.15, -0.1) is 12.4 Å². The largest absolute Gasteiger partial charge is 0.339 e. The first-order valence-corrected chi connectivity index (χ1v) is 9.62. The lowest BCUT2D eigenvalue weighted by Crippen LogP contribution is -1.97. The van der Waals surface area contributed by atoms with Crippen LogP contribution >= 0.6 is 35.6 Å². The summed E-state index contributed by atoms with van der Waals surface area (Å²) in [6.07, 6.45) is 1.53. The van der Waals surface area contributed by atoms with Crippen molar-refractivity contribution < 1.29 is 0 Å². The number of hydrogen-bond donors (Lipinski definition) is 2. The van der Waals surface area contributed by atoms with E-state index in [1.165, 1.54) is 6.33 Å². The fourth-order valence-corrected chi connectivity index (χ4v) is 3.76. The number of anilines is 2. The van der Waals surface area contributed by atoms with Crippen LogP contribution in [0.2, 0.25) is 10.0 Å². The highest BCUT2D eigenvalue weighted by Crippen LogP contribution is 2.33. The van der Waals surface area contributed by atoms with Crippen LogP contribution in [0.1, 0.15) is 5.69 Å². The van der Waals surface area contributed by atoms with Crippen molar-refractivity contribution in [2.45, 2.75) is 6.92 Å². The molecule has 5 aromatic rings. The van der Waals surface area contributed by atoms with Crippen LogP contribution in [-0.4, -0.2) is 29.9 Å². The first-order chi connectivity index (χ1) is 14.0. The van der Waals surface area contributed by atoms with Gasteiger partial charge in [-0.1, -0.05) is 29.3 Å². The molecule has 30 heavy (non-hydrogen) atoms. The summed E-state index contributed by atoms with van der Waals surface area (Å²) in [5.41, 5.74) is 5.13. The quantitative estimate of drug-likeness (QED) is 0.361. The molecule has 152 valence electrons. The van der Waals surface area contributed by atoms with Crippen molar-refractivity contribution in [1.29, 1.82) is 0 Å². The van der Waals surface area contributed by atoms with Crippen molar-refractivity contribution in [1.82, 2.24) is 29.9 Å². The maximum Gasteiger partial charge on any atom is 0.163 e. The molecule has 0 unspecified atom stereocenters. The van der Waals surface area contributed by atoms with Crippen LogP contribution in [0.3, 0.4) is 0 Å². The van der Waals surface area contributed by atoms with Crippen LogP contribution < -0.4 is 5.32 Å². The lowest BCUT2D eigenvalue weighted by Gasteiger charge is -2.08. The third kappa shape index (κ3) is 3.35.